The van der Waals surface area contributed by atoms with Crippen molar-refractivity contribution in [2.75, 3.05) is 31.1 Å². The first-order valence-electron chi connectivity index (χ1n) is 10.6. The maximum Gasteiger partial charge on any atom is 0.198 e. The second-order valence-corrected chi connectivity index (χ2v) is 7.92. The van der Waals surface area contributed by atoms with Crippen LogP contribution in [-0.4, -0.2) is 53.4 Å². The highest BCUT2D eigenvalue weighted by molar-refractivity contribution is 6.02. The molecule has 1 aliphatic heterocycles. The summed E-state index contributed by atoms with van der Waals surface area (Å²) in [4.78, 5) is 12.4. The minimum absolute atomic E-state index is 0.00722. The average molecular weight is 409 g/mol. The molecular formula is C24H29FN4O. The molecule has 5 nitrogen and oxygen atoms in total. The summed E-state index contributed by atoms with van der Waals surface area (Å²) in [5, 5.41) is 10.9. The lowest BCUT2D eigenvalue weighted by molar-refractivity contribution is 0.232. The van der Waals surface area contributed by atoms with Crippen LogP contribution in [0.3, 0.4) is 0 Å². The van der Waals surface area contributed by atoms with E-state index in [-0.39, 0.29) is 11.7 Å². The van der Waals surface area contributed by atoms with Gasteiger partial charge in [-0.05, 0) is 68.4 Å². The van der Waals surface area contributed by atoms with Gasteiger partial charge in [-0.15, -0.1) is 0 Å². The van der Waals surface area contributed by atoms with Crippen molar-refractivity contribution in [3.63, 3.8) is 0 Å². The summed E-state index contributed by atoms with van der Waals surface area (Å²) in [6, 6.07) is 11.2. The first-order valence-corrected chi connectivity index (χ1v) is 10.6. The van der Waals surface area contributed by atoms with Gasteiger partial charge in [0.1, 0.15) is 5.82 Å². The molecule has 0 aliphatic carbocycles. The molecule has 1 aliphatic rings. The number of anilines is 1. The molecule has 0 spiro atoms. The zero-order valence-electron chi connectivity index (χ0n) is 17.8. The maximum atomic E-state index is 13.4. The van der Waals surface area contributed by atoms with Crippen LogP contribution in [0.1, 0.15) is 31.4 Å². The van der Waals surface area contributed by atoms with Crippen molar-refractivity contribution in [2.24, 2.45) is 4.99 Å². The molecule has 2 heterocycles. The molecule has 0 radical (unpaired) electrons. The van der Waals surface area contributed by atoms with Gasteiger partial charge in [-0.2, -0.15) is 0 Å². The third-order valence-electron chi connectivity index (χ3n) is 6.14. The van der Waals surface area contributed by atoms with E-state index in [1.165, 1.54) is 29.8 Å². The Morgan fingerprint density at radius 1 is 1.23 bits per heavy atom. The average Bonchev–Trinajstić information content (AvgIpc) is 3.31. The van der Waals surface area contributed by atoms with Gasteiger partial charge in [0.05, 0.1) is 16.8 Å². The van der Waals surface area contributed by atoms with Crippen LogP contribution in [0.25, 0.3) is 10.9 Å². The molecule has 6 heteroatoms. The molecule has 1 fully saturated rings. The zero-order chi connectivity index (χ0) is 21.3. The number of aryl methyl sites for hydroxylation is 1. The molecule has 4 rings (SSSR count). The first kappa shape index (κ1) is 20.4. The number of aliphatic imine (C=N–C) groups is 1. The number of hydrogen-bond acceptors (Lipinski definition) is 4. The van der Waals surface area contributed by atoms with E-state index in [1.807, 2.05) is 6.07 Å². The quantitative estimate of drug-likeness (QED) is 0.565. The van der Waals surface area contributed by atoms with Crippen LogP contribution in [0.5, 0.6) is 5.88 Å². The second kappa shape index (κ2) is 8.48. The van der Waals surface area contributed by atoms with Crippen molar-refractivity contribution < 1.29 is 9.50 Å². The van der Waals surface area contributed by atoms with Crippen LogP contribution in [-0.2, 0) is 0 Å². The van der Waals surface area contributed by atoms with Gasteiger partial charge < -0.3 is 15.0 Å². The number of H-pyrrole nitrogens is 1. The fourth-order valence-electron chi connectivity index (χ4n) is 4.52. The van der Waals surface area contributed by atoms with Crippen LogP contribution in [0.15, 0.2) is 41.4 Å². The third-order valence-corrected chi connectivity index (χ3v) is 6.14. The Bertz CT molecular complexity index is 1070. The molecule has 1 atom stereocenters. The summed E-state index contributed by atoms with van der Waals surface area (Å²) in [6.45, 7) is 10.9. The number of nitrogens with one attached hydrogen (secondary N) is 1. The standard InChI is InChI=1S/C24H29FN4O/c1-4-28(5-2)19-10-11-29(15-19)23-9-7-18(12-16(23)3)26-14-21-20-8-6-17(25)13-22(20)27-24(21)30/h6-9,12-14,19,27,30H,4-5,10-11,15H2,1-3H3. The van der Waals surface area contributed by atoms with Gasteiger partial charge in [0.25, 0.3) is 0 Å². The van der Waals surface area contributed by atoms with Gasteiger partial charge in [0.15, 0.2) is 5.88 Å². The number of rotatable bonds is 6. The Labute approximate surface area is 176 Å². The van der Waals surface area contributed by atoms with E-state index in [2.05, 4.69) is 52.7 Å². The van der Waals surface area contributed by atoms with E-state index in [0.717, 1.165) is 37.3 Å². The molecular weight excluding hydrogens is 379 g/mol. The van der Waals surface area contributed by atoms with E-state index >= 15 is 0 Å². The summed E-state index contributed by atoms with van der Waals surface area (Å²) in [5.74, 6) is -0.351. The summed E-state index contributed by atoms with van der Waals surface area (Å²) >= 11 is 0. The first-order chi connectivity index (χ1) is 14.5. The molecule has 1 unspecified atom stereocenters. The molecule has 3 aromatic rings. The molecule has 158 valence electrons. The summed E-state index contributed by atoms with van der Waals surface area (Å²) in [6.07, 6.45) is 2.83. The van der Waals surface area contributed by atoms with Crippen molar-refractivity contribution in [1.29, 1.82) is 0 Å². The number of aromatic nitrogens is 1. The van der Waals surface area contributed by atoms with Gasteiger partial charge in [-0.1, -0.05) is 13.8 Å². The Balaban J connectivity index is 1.53. The lowest BCUT2D eigenvalue weighted by atomic mass is 10.1. The minimum Gasteiger partial charge on any atom is -0.494 e. The fourth-order valence-corrected chi connectivity index (χ4v) is 4.52. The van der Waals surface area contributed by atoms with Crippen LogP contribution in [0.4, 0.5) is 15.8 Å². The lowest BCUT2D eigenvalue weighted by Gasteiger charge is -2.27. The summed E-state index contributed by atoms with van der Waals surface area (Å²) < 4.78 is 13.4. The van der Waals surface area contributed by atoms with Crippen molar-refractivity contribution in [3.8, 4) is 5.88 Å². The Hall–Kier alpha value is -2.86. The topological polar surface area (TPSA) is 54.9 Å². The molecule has 1 saturated heterocycles. The summed E-state index contributed by atoms with van der Waals surface area (Å²) in [7, 11) is 0. The highest BCUT2D eigenvalue weighted by Crippen LogP contribution is 2.30. The highest BCUT2D eigenvalue weighted by Gasteiger charge is 2.26. The molecule has 1 aromatic heterocycles. The zero-order valence-corrected chi connectivity index (χ0v) is 17.8. The number of aromatic hydroxyl groups is 1. The fraction of sp³-hybridized carbons (Fsp3) is 0.375. The maximum absolute atomic E-state index is 13.4. The number of halogens is 1. The number of benzene rings is 2. The van der Waals surface area contributed by atoms with Gasteiger partial charge in [-0.25, -0.2) is 4.39 Å². The van der Waals surface area contributed by atoms with Crippen LogP contribution in [0, 0.1) is 12.7 Å². The monoisotopic (exact) mass is 408 g/mol. The smallest absolute Gasteiger partial charge is 0.198 e. The normalized spacial score (nSPS) is 17.1. The molecule has 0 saturated carbocycles. The van der Waals surface area contributed by atoms with Crippen LogP contribution >= 0.6 is 0 Å². The Morgan fingerprint density at radius 3 is 2.77 bits per heavy atom. The third kappa shape index (κ3) is 3.92. The van der Waals surface area contributed by atoms with Crippen LogP contribution in [0.2, 0.25) is 0 Å². The van der Waals surface area contributed by atoms with Crippen molar-refractivity contribution in [3.05, 3.63) is 53.3 Å². The van der Waals surface area contributed by atoms with E-state index in [1.54, 1.807) is 12.3 Å². The molecule has 2 N–H and O–H groups in total. The van der Waals surface area contributed by atoms with Crippen LogP contribution < -0.4 is 4.90 Å². The second-order valence-electron chi connectivity index (χ2n) is 7.92. The van der Waals surface area contributed by atoms with E-state index in [0.29, 0.717) is 17.1 Å². The van der Waals surface area contributed by atoms with Gasteiger partial charge in [0.2, 0.25) is 0 Å². The van der Waals surface area contributed by atoms with Crippen molar-refractivity contribution in [1.82, 2.24) is 9.88 Å². The van der Waals surface area contributed by atoms with E-state index < -0.39 is 0 Å². The van der Waals surface area contributed by atoms with Gasteiger partial charge in [-0.3, -0.25) is 9.89 Å². The SMILES string of the molecule is CCN(CC)C1CCN(c2ccc(N=Cc3c(O)[nH]c4cc(F)ccc34)cc2C)C1. The van der Waals surface area contributed by atoms with E-state index in [4.69, 9.17) is 0 Å². The number of fused-ring (bicyclic) bond motifs is 1. The molecule has 0 bridgehead atoms. The predicted octanol–water partition coefficient (Wildman–Crippen LogP) is 4.99. The van der Waals surface area contributed by atoms with Gasteiger partial charge in [0, 0.05) is 36.4 Å². The molecule has 0 amide bonds. The number of likely N-dealkylation sites (N-methyl/N-ethyl adjacent to an activating group) is 1. The van der Waals surface area contributed by atoms with Crippen molar-refractivity contribution in [2.45, 2.75) is 33.2 Å². The molecule has 2 aromatic carbocycles. The number of hydrogen-bond donors (Lipinski definition) is 2. The number of aromatic amines is 1. The summed E-state index contributed by atoms with van der Waals surface area (Å²) in [5.41, 5.74) is 4.39. The van der Waals surface area contributed by atoms with Crippen molar-refractivity contribution >= 4 is 28.5 Å². The highest BCUT2D eigenvalue weighted by atomic mass is 19.1. The lowest BCUT2D eigenvalue weighted by Crippen LogP contribution is -2.37. The van der Waals surface area contributed by atoms with E-state index in [9.17, 15) is 9.50 Å². The Morgan fingerprint density at radius 2 is 2.03 bits per heavy atom. The number of nitrogens with zero attached hydrogens (tertiary/aromatic N) is 3. The minimum atomic E-state index is -0.344. The Kier molecular flexibility index (Phi) is 5.77. The largest absolute Gasteiger partial charge is 0.494 e. The predicted molar refractivity (Wildman–Crippen MR) is 122 cm³/mol. The van der Waals surface area contributed by atoms with Gasteiger partial charge >= 0.3 is 0 Å². The molecule has 30 heavy (non-hydrogen) atoms.